The van der Waals surface area contributed by atoms with E-state index in [1.54, 1.807) is 0 Å². The molecule has 0 saturated heterocycles. The average molecular weight is 360 g/mol. The monoisotopic (exact) mass is 360 g/mol. The molecule has 0 aliphatic carbocycles. The van der Waals surface area contributed by atoms with E-state index in [1.807, 2.05) is 0 Å². The number of unbranched alkanes of at least 4 members (excludes halogenated alkanes) is 11. The molecule has 0 aliphatic rings. The molecule has 0 fully saturated rings. The Morgan fingerprint density at radius 2 is 1.09 bits per heavy atom. The van der Waals surface area contributed by atoms with E-state index in [4.69, 9.17) is 22.3 Å². The van der Waals surface area contributed by atoms with Crippen molar-refractivity contribution in [2.24, 2.45) is 0 Å². The zero-order valence-electron chi connectivity index (χ0n) is 15.1. The molecule has 136 valence electrons. The second-order valence-corrected chi connectivity index (χ2v) is 6.23. The first-order valence-corrected chi connectivity index (χ1v) is 9.78. The van der Waals surface area contributed by atoms with Crippen molar-refractivity contribution in [3.63, 3.8) is 0 Å². The van der Waals surface area contributed by atoms with Gasteiger partial charge < -0.3 is 20.8 Å². The van der Waals surface area contributed by atoms with Crippen LogP contribution >= 0.6 is 0 Å². The molecule has 7 heteroatoms. The van der Waals surface area contributed by atoms with Crippen LogP contribution in [0.4, 0.5) is 0 Å². The van der Waals surface area contributed by atoms with Crippen molar-refractivity contribution in [1.82, 2.24) is 0 Å². The Morgan fingerprint density at radius 3 is 1.39 bits per heavy atom. The van der Waals surface area contributed by atoms with E-state index in [0.29, 0.717) is 6.61 Å². The molecule has 0 bridgehead atoms. The molecule has 0 radical (unpaired) electrons. The largest absolute Gasteiger partial charge is 1.00 e. The predicted octanol–water partition coefficient (Wildman–Crippen LogP) is 1.20. The Bertz CT molecular complexity index is 275. The standard InChI is InChI=1S/C16H33O.Na.H2O4S/c1-3-5-6-7-8-9-10-11-12-13-14-15-16-17-4-2;;1-5(2,3)4/h2-16H2,1H3;;(H2,1,2,3,4)/q-1;+1;/p-2. The minimum absolute atomic E-state index is 0. The van der Waals surface area contributed by atoms with Crippen LogP contribution in [0.1, 0.15) is 84.0 Å². The Morgan fingerprint density at radius 1 is 0.783 bits per heavy atom. The SMILES string of the molecule is O=S(=O)([O-])[O-].[CH2-]COCCCCCCCCCCCCCC.[Na+]. The predicted molar refractivity (Wildman–Crippen MR) is 87.7 cm³/mol. The number of hydrogen-bond donors (Lipinski definition) is 0. The molecule has 0 aromatic rings. The quantitative estimate of drug-likeness (QED) is 0.153. The summed E-state index contributed by atoms with van der Waals surface area (Å²) >= 11 is 0. The second kappa shape index (κ2) is 22.8. The van der Waals surface area contributed by atoms with Gasteiger partial charge in [-0.25, -0.2) is 0 Å². The molecule has 0 aromatic carbocycles. The summed E-state index contributed by atoms with van der Waals surface area (Å²) in [6.07, 6.45) is 16.8. The van der Waals surface area contributed by atoms with E-state index < -0.39 is 10.4 Å². The third kappa shape index (κ3) is 45.0. The van der Waals surface area contributed by atoms with Gasteiger partial charge in [0.15, 0.2) is 0 Å². The van der Waals surface area contributed by atoms with E-state index >= 15 is 0 Å². The summed E-state index contributed by atoms with van der Waals surface area (Å²) in [4.78, 5) is 0. The van der Waals surface area contributed by atoms with Gasteiger partial charge >= 0.3 is 29.6 Å². The van der Waals surface area contributed by atoms with Gasteiger partial charge in [-0.05, 0) is 6.42 Å². The molecule has 0 aromatic heterocycles. The molecule has 0 unspecified atom stereocenters. The maximum Gasteiger partial charge on any atom is 1.00 e. The van der Waals surface area contributed by atoms with Gasteiger partial charge in [0.1, 0.15) is 0 Å². The first kappa shape index (κ1) is 28.6. The fourth-order valence-electron chi connectivity index (χ4n) is 2.15. The van der Waals surface area contributed by atoms with Gasteiger partial charge in [0.05, 0.1) is 0 Å². The van der Waals surface area contributed by atoms with Gasteiger partial charge in [-0.3, -0.25) is 8.42 Å². The third-order valence-electron chi connectivity index (χ3n) is 3.29. The van der Waals surface area contributed by atoms with Crippen molar-refractivity contribution < 1.29 is 51.8 Å². The summed E-state index contributed by atoms with van der Waals surface area (Å²) < 4.78 is 39.3. The summed E-state index contributed by atoms with van der Waals surface area (Å²) in [7, 11) is -5.17. The molecule has 0 N–H and O–H groups in total. The summed E-state index contributed by atoms with van der Waals surface area (Å²) in [5, 5.41) is 0. The van der Waals surface area contributed by atoms with E-state index in [0.717, 1.165) is 6.61 Å². The minimum atomic E-state index is -5.17. The molecule has 0 atom stereocenters. The van der Waals surface area contributed by atoms with E-state index in [9.17, 15) is 0 Å². The van der Waals surface area contributed by atoms with Crippen molar-refractivity contribution >= 4 is 10.4 Å². The maximum atomic E-state index is 8.52. The van der Waals surface area contributed by atoms with Crippen LogP contribution < -0.4 is 29.6 Å². The summed E-state index contributed by atoms with van der Waals surface area (Å²) in [5.41, 5.74) is 0. The van der Waals surface area contributed by atoms with Gasteiger partial charge in [-0.15, -0.1) is 0 Å². The van der Waals surface area contributed by atoms with Crippen molar-refractivity contribution in [2.45, 2.75) is 84.0 Å². The smallest absolute Gasteiger partial charge is 0.759 e. The molecule has 0 heterocycles. The van der Waals surface area contributed by atoms with E-state index in [1.165, 1.54) is 77.0 Å². The molecule has 0 aliphatic heterocycles. The number of rotatable bonds is 14. The fraction of sp³-hybridized carbons (Fsp3) is 0.938. The number of hydrogen-bond acceptors (Lipinski definition) is 5. The van der Waals surface area contributed by atoms with Crippen molar-refractivity contribution in [3.8, 4) is 0 Å². The summed E-state index contributed by atoms with van der Waals surface area (Å²) in [6, 6.07) is 0. The second-order valence-electron chi connectivity index (χ2n) is 5.41. The van der Waals surface area contributed by atoms with E-state index in [-0.39, 0.29) is 29.6 Å². The zero-order valence-corrected chi connectivity index (χ0v) is 17.9. The average Bonchev–Trinajstić information content (AvgIpc) is 2.42. The molecule has 0 rings (SSSR count). The Hall–Kier alpha value is 0.830. The topological polar surface area (TPSA) is 89.5 Å². The van der Waals surface area contributed by atoms with E-state index in [2.05, 4.69) is 13.8 Å². The van der Waals surface area contributed by atoms with Crippen LogP contribution in [-0.2, 0) is 15.1 Å². The molecule has 23 heavy (non-hydrogen) atoms. The van der Waals surface area contributed by atoms with Crippen LogP contribution in [0.25, 0.3) is 0 Å². The summed E-state index contributed by atoms with van der Waals surface area (Å²) in [5.74, 6) is 0. The minimum Gasteiger partial charge on any atom is -0.759 e. The first-order chi connectivity index (χ1) is 10.4. The van der Waals surface area contributed by atoms with Crippen molar-refractivity contribution in [2.75, 3.05) is 13.2 Å². The van der Waals surface area contributed by atoms with Crippen LogP contribution in [0.2, 0.25) is 0 Å². The summed E-state index contributed by atoms with van der Waals surface area (Å²) in [6.45, 7) is 7.46. The molecule has 0 saturated carbocycles. The molecule has 0 spiro atoms. The maximum absolute atomic E-state index is 8.52. The Labute approximate surface area is 165 Å². The molecule has 5 nitrogen and oxygen atoms in total. The Kier molecular flexibility index (Phi) is 28.4. The molecular weight excluding hydrogens is 327 g/mol. The van der Waals surface area contributed by atoms with Gasteiger partial charge in [0.25, 0.3) is 0 Å². The zero-order chi connectivity index (χ0) is 17.1. The van der Waals surface area contributed by atoms with Gasteiger partial charge in [0.2, 0.25) is 0 Å². The van der Waals surface area contributed by atoms with Crippen LogP contribution in [-0.4, -0.2) is 30.7 Å². The van der Waals surface area contributed by atoms with Crippen LogP contribution in [0.5, 0.6) is 0 Å². The van der Waals surface area contributed by atoms with Crippen LogP contribution in [0, 0.1) is 6.92 Å². The molecular formula is C16H33NaO5S-2. The molecule has 0 amide bonds. The van der Waals surface area contributed by atoms with Crippen LogP contribution in [0.15, 0.2) is 0 Å². The third-order valence-corrected chi connectivity index (χ3v) is 3.29. The van der Waals surface area contributed by atoms with Crippen LogP contribution in [0.3, 0.4) is 0 Å². The van der Waals surface area contributed by atoms with Gasteiger partial charge in [-0.2, -0.15) is 0 Å². The van der Waals surface area contributed by atoms with Crippen molar-refractivity contribution in [3.05, 3.63) is 6.92 Å². The van der Waals surface area contributed by atoms with Gasteiger partial charge in [0, 0.05) is 17.0 Å². The number of ether oxygens (including phenoxy) is 1. The van der Waals surface area contributed by atoms with Gasteiger partial charge in [-0.1, -0.05) is 84.2 Å². The van der Waals surface area contributed by atoms with Crippen molar-refractivity contribution in [1.29, 1.82) is 0 Å². The normalized spacial score (nSPS) is 10.6. The first-order valence-electron chi connectivity index (χ1n) is 8.45. The fourth-order valence-corrected chi connectivity index (χ4v) is 2.15. The Balaban J connectivity index is -0.000000578.